The van der Waals surface area contributed by atoms with Gasteiger partial charge in [-0.3, -0.25) is 19.3 Å². The van der Waals surface area contributed by atoms with Gasteiger partial charge in [0.1, 0.15) is 5.75 Å². The molecule has 2 aliphatic heterocycles. The predicted octanol–water partition coefficient (Wildman–Crippen LogP) is 2.32. The third-order valence-electron chi connectivity index (χ3n) is 4.95. The molecule has 27 heavy (non-hydrogen) atoms. The molecule has 0 aromatic heterocycles. The van der Waals surface area contributed by atoms with Crippen LogP contribution in [0.2, 0.25) is 0 Å². The molecule has 0 bridgehead atoms. The van der Waals surface area contributed by atoms with Gasteiger partial charge in [-0.1, -0.05) is 18.2 Å². The molecule has 1 atom stereocenters. The first-order valence-corrected chi connectivity index (χ1v) is 9.06. The number of carbonyl (C=O) groups excluding carboxylic acids is 3. The molecule has 0 aliphatic carbocycles. The first-order chi connectivity index (χ1) is 13.1. The number of imide groups is 1. The van der Waals surface area contributed by atoms with Gasteiger partial charge in [-0.05, 0) is 42.3 Å². The molecule has 2 heterocycles. The van der Waals surface area contributed by atoms with Crippen LogP contribution < -0.4 is 15.0 Å². The van der Waals surface area contributed by atoms with Crippen LogP contribution >= 0.6 is 0 Å². The van der Waals surface area contributed by atoms with Gasteiger partial charge in [0, 0.05) is 30.9 Å². The van der Waals surface area contributed by atoms with Crippen molar-refractivity contribution in [3.8, 4) is 5.75 Å². The Bertz CT molecular complexity index is 875. The summed E-state index contributed by atoms with van der Waals surface area (Å²) < 4.78 is 5.75. The zero-order chi connectivity index (χ0) is 18.8. The maximum absolute atomic E-state index is 12.4. The van der Waals surface area contributed by atoms with Gasteiger partial charge in [0.15, 0.2) is 0 Å². The Morgan fingerprint density at radius 3 is 2.48 bits per heavy atom. The van der Waals surface area contributed by atoms with Crippen LogP contribution in [0.25, 0.3) is 0 Å². The molecule has 0 spiro atoms. The average Bonchev–Trinajstić information content (AvgIpc) is 3.04. The van der Waals surface area contributed by atoms with Crippen molar-refractivity contribution in [1.29, 1.82) is 0 Å². The summed E-state index contributed by atoms with van der Waals surface area (Å²) in [4.78, 5) is 37.1. The smallest absolute Gasteiger partial charge is 0.251 e. The highest BCUT2D eigenvalue weighted by atomic mass is 16.5. The van der Waals surface area contributed by atoms with Crippen molar-refractivity contribution in [3.63, 3.8) is 0 Å². The highest BCUT2D eigenvalue weighted by Crippen LogP contribution is 2.26. The van der Waals surface area contributed by atoms with E-state index in [1.165, 1.54) is 4.90 Å². The molecule has 6 heteroatoms. The summed E-state index contributed by atoms with van der Waals surface area (Å²) in [7, 11) is 0. The molecule has 4 rings (SSSR count). The summed E-state index contributed by atoms with van der Waals surface area (Å²) in [6.45, 7) is 1.10. The molecule has 138 valence electrons. The van der Waals surface area contributed by atoms with Crippen LogP contribution in [0.1, 0.15) is 28.8 Å². The molecule has 2 aromatic rings. The number of hydrogen-bond donors (Lipinski definition) is 1. The Balaban J connectivity index is 1.35. The highest BCUT2D eigenvalue weighted by Gasteiger charge is 2.30. The van der Waals surface area contributed by atoms with E-state index < -0.39 is 0 Å². The van der Waals surface area contributed by atoms with E-state index in [0.717, 1.165) is 17.7 Å². The number of benzene rings is 2. The van der Waals surface area contributed by atoms with Gasteiger partial charge >= 0.3 is 0 Å². The first-order valence-electron chi connectivity index (χ1n) is 9.06. The normalized spacial score (nSPS) is 18.8. The lowest BCUT2D eigenvalue weighted by Crippen LogP contribution is -2.34. The van der Waals surface area contributed by atoms with E-state index in [0.29, 0.717) is 24.4 Å². The van der Waals surface area contributed by atoms with Crippen LogP contribution in [-0.4, -0.2) is 30.9 Å². The number of fused-ring (bicyclic) bond motifs is 1. The molecule has 1 saturated heterocycles. The van der Waals surface area contributed by atoms with E-state index in [1.807, 2.05) is 24.3 Å². The molecule has 2 aliphatic rings. The van der Waals surface area contributed by atoms with E-state index in [-0.39, 0.29) is 36.5 Å². The Morgan fingerprint density at radius 1 is 1.04 bits per heavy atom. The number of para-hydroxylation sites is 1. The van der Waals surface area contributed by atoms with Gasteiger partial charge in [-0.25, -0.2) is 0 Å². The second-order valence-corrected chi connectivity index (χ2v) is 6.87. The number of rotatable bonds is 4. The lowest BCUT2D eigenvalue weighted by molar-refractivity contribution is -0.121. The minimum Gasteiger partial charge on any atom is -0.493 e. The largest absolute Gasteiger partial charge is 0.493 e. The van der Waals surface area contributed by atoms with Crippen molar-refractivity contribution in [1.82, 2.24) is 5.32 Å². The van der Waals surface area contributed by atoms with Crippen molar-refractivity contribution in [3.05, 3.63) is 59.7 Å². The van der Waals surface area contributed by atoms with Gasteiger partial charge in [0.05, 0.1) is 12.3 Å². The number of nitrogens with one attached hydrogen (secondary N) is 1. The fraction of sp³-hybridized carbons (Fsp3) is 0.286. The molecular weight excluding hydrogens is 344 g/mol. The Kier molecular flexibility index (Phi) is 4.62. The lowest BCUT2D eigenvalue weighted by Gasteiger charge is -2.25. The maximum atomic E-state index is 12.4. The molecule has 1 N–H and O–H groups in total. The maximum Gasteiger partial charge on any atom is 0.251 e. The van der Waals surface area contributed by atoms with Crippen LogP contribution in [0, 0.1) is 5.92 Å². The molecule has 6 nitrogen and oxygen atoms in total. The van der Waals surface area contributed by atoms with E-state index in [1.54, 1.807) is 24.3 Å². The van der Waals surface area contributed by atoms with Crippen molar-refractivity contribution in [2.24, 2.45) is 5.92 Å². The molecule has 1 fully saturated rings. The highest BCUT2D eigenvalue weighted by molar-refractivity contribution is 6.19. The number of carbonyl (C=O) groups is 3. The SMILES string of the molecule is O=C(NCC1COc2ccccc2C1)c1ccc(N2C(=O)CCC2=O)cc1. The van der Waals surface area contributed by atoms with Crippen LogP contribution in [0.5, 0.6) is 5.75 Å². The molecule has 1 unspecified atom stereocenters. The van der Waals surface area contributed by atoms with E-state index >= 15 is 0 Å². The molecule has 0 saturated carbocycles. The standard InChI is InChI=1S/C21H20N2O4/c24-19-9-10-20(25)23(19)17-7-5-15(6-8-17)21(26)22-12-14-11-16-3-1-2-4-18(16)27-13-14/h1-8,14H,9-13H2,(H,22,26). The van der Waals surface area contributed by atoms with Gasteiger partial charge in [0.2, 0.25) is 11.8 Å². The summed E-state index contributed by atoms with van der Waals surface area (Å²) in [5, 5.41) is 2.94. The third kappa shape index (κ3) is 3.56. The van der Waals surface area contributed by atoms with Crippen molar-refractivity contribution in [2.75, 3.05) is 18.1 Å². The number of amides is 3. The van der Waals surface area contributed by atoms with Crippen LogP contribution in [0.4, 0.5) is 5.69 Å². The van der Waals surface area contributed by atoms with Crippen LogP contribution in [0.3, 0.4) is 0 Å². The van der Waals surface area contributed by atoms with Crippen molar-refractivity contribution in [2.45, 2.75) is 19.3 Å². The average molecular weight is 364 g/mol. The lowest BCUT2D eigenvalue weighted by atomic mass is 9.96. The topological polar surface area (TPSA) is 75.7 Å². The van der Waals surface area contributed by atoms with E-state index in [2.05, 4.69) is 5.32 Å². The van der Waals surface area contributed by atoms with Crippen LogP contribution in [0.15, 0.2) is 48.5 Å². The summed E-state index contributed by atoms with van der Waals surface area (Å²) >= 11 is 0. The number of hydrogen-bond acceptors (Lipinski definition) is 4. The summed E-state index contributed by atoms with van der Waals surface area (Å²) in [5.41, 5.74) is 2.17. The second kappa shape index (κ2) is 7.23. The quantitative estimate of drug-likeness (QED) is 0.845. The van der Waals surface area contributed by atoms with Gasteiger partial charge < -0.3 is 10.1 Å². The Labute approximate surface area is 157 Å². The first kappa shape index (κ1) is 17.3. The van der Waals surface area contributed by atoms with Crippen molar-refractivity contribution < 1.29 is 19.1 Å². The molecule has 0 radical (unpaired) electrons. The predicted molar refractivity (Wildman–Crippen MR) is 99.6 cm³/mol. The fourth-order valence-electron chi connectivity index (χ4n) is 3.49. The third-order valence-corrected chi connectivity index (χ3v) is 4.95. The zero-order valence-electron chi connectivity index (χ0n) is 14.8. The van der Waals surface area contributed by atoms with Crippen LogP contribution in [-0.2, 0) is 16.0 Å². The van der Waals surface area contributed by atoms with E-state index in [4.69, 9.17) is 4.74 Å². The summed E-state index contributed by atoms with van der Waals surface area (Å²) in [5.74, 6) is 0.564. The van der Waals surface area contributed by atoms with Gasteiger partial charge in [-0.15, -0.1) is 0 Å². The summed E-state index contributed by atoms with van der Waals surface area (Å²) in [6.07, 6.45) is 1.36. The molecule has 3 amide bonds. The molecular formula is C21H20N2O4. The second-order valence-electron chi connectivity index (χ2n) is 6.87. The van der Waals surface area contributed by atoms with E-state index in [9.17, 15) is 14.4 Å². The fourth-order valence-corrected chi connectivity index (χ4v) is 3.49. The molecule has 2 aromatic carbocycles. The summed E-state index contributed by atoms with van der Waals surface area (Å²) in [6, 6.07) is 14.5. The number of ether oxygens (including phenoxy) is 1. The zero-order valence-corrected chi connectivity index (χ0v) is 14.8. The van der Waals surface area contributed by atoms with Gasteiger partial charge in [0.25, 0.3) is 5.91 Å². The number of nitrogens with zero attached hydrogens (tertiary/aromatic N) is 1. The Morgan fingerprint density at radius 2 is 1.74 bits per heavy atom. The minimum atomic E-state index is -0.199. The van der Waals surface area contributed by atoms with Crippen molar-refractivity contribution >= 4 is 23.4 Å². The Hall–Kier alpha value is -3.15. The minimum absolute atomic E-state index is 0.181. The number of anilines is 1. The monoisotopic (exact) mass is 364 g/mol. The van der Waals surface area contributed by atoms with Gasteiger partial charge in [-0.2, -0.15) is 0 Å².